The van der Waals surface area contributed by atoms with Crippen LogP contribution in [0.5, 0.6) is 0 Å². The van der Waals surface area contributed by atoms with Gasteiger partial charge in [-0.25, -0.2) is 17.8 Å². The Balaban J connectivity index is 1.89. The second kappa shape index (κ2) is 7.62. The summed E-state index contributed by atoms with van der Waals surface area (Å²) in [7, 11) is -4.09. The van der Waals surface area contributed by atoms with E-state index in [0.717, 1.165) is 25.3 Å². The summed E-state index contributed by atoms with van der Waals surface area (Å²) in [5.74, 6) is -2.11. The molecule has 0 amide bonds. The van der Waals surface area contributed by atoms with Gasteiger partial charge in [-0.3, -0.25) is 0 Å². The van der Waals surface area contributed by atoms with Crippen molar-refractivity contribution in [3.63, 3.8) is 0 Å². The second-order valence-corrected chi connectivity index (χ2v) is 7.08. The van der Waals surface area contributed by atoms with Crippen molar-refractivity contribution in [3.05, 3.63) is 23.9 Å². The zero-order valence-electron chi connectivity index (χ0n) is 12.0. The first kappa shape index (κ1) is 17.5. The molecule has 1 heterocycles. The molecule has 1 aromatic heterocycles. The standard InChI is InChI=1S/C13H15F3N2O4S/c14-11(12(15)16)4-5-23(19,20)13-17-6-10(22-13)7-18-21-8-9-2-1-3-9/h6-7,9H,1-5,8H2. The Morgan fingerprint density at radius 2 is 2.17 bits per heavy atom. The Labute approximate surface area is 130 Å². The van der Waals surface area contributed by atoms with E-state index < -0.39 is 39.1 Å². The van der Waals surface area contributed by atoms with Gasteiger partial charge in [0.1, 0.15) is 12.8 Å². The van der Waals surface area contributed by atoms with Crippen LogP contribution in [0.4, 0.5) is 13.2 Å². The van der Waals surface area contributed by atoms with E-state index in [1.165, 1.54) is 6.42 Å². The molecule has 1 saturated carbocycles. The summed E-state index contributed by atoms with van der Waals surface area (Å²) in [6, 6.07) is 0. The minimum absolute atomic E-state index is 0.0323. The molecule has 1 aliphatic rings. The molecule has 6 nitrogen and oxygen atoms in total. The summed E-state index contributed by atoms with van der Waals surface area (Å²) in [5.41, 5.74) is 0. The largest absolute Gasteiger partial charge is 0.427 e. The van der Waals surface area contributed by atoms with E-state index in [1.807, 2.05) is 0 Å². The summed E-state index contributed by atoms with van der Waals surface area (Å²) in [5, 5.41) is 2.96. The Morgan fingerprint density at radius 1 is 1.43 bits per heavy atom. The van der Waals surface area contributed by atoms with Crippen LogP contribution < -0.4 is 0 Å². The summed E-state index contributed by atoms with van der Waals surface area (Å²) in [6.07, 6.45) is 2.17. The summed E-state index contributed by atoms with van der Waals surface area (Å²) in [6.45, 7) is 0.482. The Kier molecular flexibility index (Phi) is 5.80. The predicted molar refractivity (Wildman–Crippen MR) is 74.4 cm³/mol. The fourth-order valence-corrected chi connectivity index (χ4v) is 2.84. The number of oxazole rings is 1. The topological polar surface area (TPSA) is 81.8 Å². The summed E-state index contributed by atoms with van der Waals surface area (Å²) in [4.78, 5) is 8.56. The molecular formula is C13H15F3N2O4S. The molecule has 128 valence electrons. The molecule has 0 aliphatic heterocycles. The van der Waals surface area contributed by atoms with Crippen molar-refractivity contribution in [3.8, 4) is 0 Å². The molecule has 1 aliphatic carbocycles. The van der Waals surface area contributed by atoms with Gasteiger partial charge in [0.05, 0.1) is 11.9 Å². The first-order valence-electron chi connectivity index (χ1n) is 6.92. The van der Waals surface area contributed by atoms with E-state index in [4.69, 9.17) is 9.25 Å². The average Bonchev–Trinajstić information content (AvgIpc) is 2.92. The average molecular weight is 352 g/mol. The third-order valence-electron chi connectivity index (χ3n) is 3.35. The van der Waals surface area contributed by atoms with E-state index in [-0.39, 0.29) is 5.76 Å². The highest BCUT2D eigenvalue weighted by molar-refractivity contribution is 7.91. The maximum Gasteiger partial charge on any atom is 0.315 e. The highest BCUT2D eigenvalue weighted by atomic mass is 32.2. The van der Waals surface area contributed by atoms with Crippen LogP contribution in [0.1, 0.15) is 31.4 Å². The second-order valence-electron chi connectivity index (χ2n) is 5.09. The number of allylic oxidation sites excluding steroid dienone is 1. The zero-order chi connectivity index (χ0) is 16.9. The zero-order valence-corrected chi connectivity index (χ0v) is 12.9. The lowest BCUT2D eigenvalue weighted by Crippen LogP contribution is -2.16. The van der Waals surface area contributed by atoms with Gasteiger partial charge in [0.25, 0.3) is 0 Å². The number of rotatable bonds is 8. The van der Waals surface area contributed by atoms with Crippen LogP contribution >= 0.6 is 0 Å². The third kappa shape index (κ3) is 5.08. The smallest absolute Gasteiger partial charge is 0.315 e. The number of oxime groups is 1. The molecule has 10 heteroatoms. The number of halogens is 3. The number of sulfone groups is 1. The van der Waals surface area contributed by atoms with Crippen molar-refractivity contribution in [2.24, 2.45) is 11.1 Å². The van der Waals surface area contributed by atoms with Crippen LogP contribution in [0.2, 0.25) is 0 Å². The van der Waals surface area contributed by atoms with Crippen LogP contribution in [-0.4, -0.2) is 32.0 Å². The van der Waals surface area contributed by atoms with Crippen LogP contribution in [0.3, 0.4) is 0 Å². The SMILES string of the molecule is O=S(=O)(CCC(F)=C(F)F)c1ncc(C=NOCC2CCC2)o1. The van der Waals surface area contributed by atoms with Gasteiger partial charge < -0.3 is 9.25 Å². The number of hydrogen-bond acceptors (Lipinski definition) is 6. The molecule has 0 aromatic carbocycles. The molecule has 0 bridgehead atoms. The fraction of sp³-hybridized carbons (Fsp3) is 0.538. The van der Waals surface area contributed by atoms with Crippen molar-refractivity contribution >= 4 is 16.1 Å². The minimum Gasteiger partial charge on any atom is -0.427 e. The lowest BCUT2D eigenvalue weighted by molar-refractivity contribution is 0.0766. The monoisotopic (exact) mass is 352 g/mol. The molecular weight excluding hydrogens is 337 g/mol. The van der Waals surface area contributed by atoms with Crippen molar-refractivity contribution in [1.82, 2.24) is 4.98 Å². The van der Waals surface area contributed by atoms with Gasteiger partial charge in [-0.2, -0.15) is 8.78 Å². The van der Waals surface area contributed by atoms with E-state index in [0.29, 0.717) is 12.5 Å². The van der Waals surface area contributed by atoms with E-state index in [9.17, 15) is 21.6 Å². The molecule has 0 saturated heterocycles. The summed E-state index contributed by atoms with van der Waals surface area (Å²) >= 11 is 0. The first-order valence-corrected chi connectivity index (χ1v) is 8.57. The molecule has 23 heavy (non-hydrogen) atoms. The van der Waals surface area contributed by atoms with Crippen molar-refractivity contribution in [2.45, 2.75) is 30.9 Å². The number of aromatic nitrogens is 1. The maximum absolute atomic E-state index is 12.7. The number of nitrogens with zero attached hydrogens (tertiary/aromatic N) is 2. The Morgan fingerprint density at radius 3 is 2.78 bits per heavy atom. The quantitative estimate of drug-likeness (QED) is 0.530. The highest BCUT2D eigenvalue weighted by Gasteiger charge is 2.22. The van der Waals surface area contributed by atoms with E-state index in [2.05, 4.69) is 10.1 Å². The van der Waals surface area contributed by atoms with E-state index in [1.54, 1.807) is 0 Å². The van der Waals surface area contributed by atoms with Gasteiger partial charge in [-0.05, 0) is 18.8 Å². The van der Waals surface area contributed by atoms with Crippen molar-refractivity contribution < 1.29 is 30.8 Å². The number of hydrogen-bond donors (Lipinski definition) is 0. The predicted octanol–water partition coefficient (Wildman–Crippen LogP) is 3.07. The first-order chi connectivity index (χ1) is 10.9. The molecule has 0 N–H and O–H groups in total. The van der Waals surface area contributed by atoms with Crippen molar-refractivity contribution in [2.75, 3.05) is 12.4 Å². The highest BCUT2D eigenvalue weighted by Crippen LogP contribution is 2.26. The molecule has 0 atom stereocenters. The van der Waals surface area contributed by atoms with Gasteiger partial charge in [-0.1, -0.05) is 11.6 Å². The molecule has 1 aromatic rings. The van der Waals surface area contributed by atoms with Crippen LogP contribution in [0.25, 0.3) is 0 Å². The molecule has 0 spiro atoms. The van der Waals surface area contributed by atoms with Crippen LogP contribution in [0.15, 0.2) is 32.9 Å². The molecule has 2 rings (SSSR count). The molecule has 0 radical (unpaired) electrons. The molecule has 1 fully saturated rings. The summed E-state index contributed by atoms with van der Waals surface area (Å²) < 4.78 is 65.0. The van der Waals surface area contributed by atoms with Crippen molar-refractivity contribution in [1.29, 1.82) is 0 Å². The fourth-order valence-electron chi connectivity index (χ4n) is 1.78. The van der Waals surface area contributed by atoms with Crippen LogP contribution in [0, 0.1) is 5.92 Å². The minimum atomic E-state index is -4.09. The normalized spacial score (nSPS) is 15.6. The van der Waals surface area contributed by atoms with Gasteiger partial charge in [0, 0.05) is 6.42 Å². The van der Waals surface area contributed by atoms with Gasteiger partial charge in [-0.15, -0.1) is 0 Å². The van der Waals surface area contributed by atoms with Crippen LogP contribution in [-0.2, 0) is 14.7 Å². The van der Waals surface area contributed by atoms with Gasteiger partial charge >= 0.3 is 11.3 Å². The molecule has 0 unspecified atom stereocenters. The lowest BCUT2D eigenvalue weighted by atomic mass is 9.86. The van der Waals surface area contributed by atoms with Gasteiger partial charge in [0.15, 0.2) is 11.6 Å². The maximum atomic E-state index is 12.7. The van der Waals surface area contributed by atoms with E-state index >= 15 is 0 Å². The lowest BCUT2D eigenvalue weighted by Gasteiger charge is -2.23. The third-order valence-corrected chi connectivity index (χ3v) is 4.82. The Bertz CT molecular complexity index is 692. The van der Waals surface area contributed by atoms with Gasteiger partial charge in [0.2, 0.25) is 9.84 Å². The Hall–Kier alpha value is -1.84.